The zero-order chi connectivity index (χ0) is 12.4. The Morgan fingerprint density at radius 3 is 2.88 bits per heavy atom. The van der Waals surface area contributed by atoms with E-state index >= 15 is 0 Å². The molecule has 2 aromatic rings. The second kappa shape index (κ2) is 4.25. The summed E-state index contributed by atoms with van der Waals surface area (Å²) in [5, 5.41) is 0. The van der Waals surface area contributed by atoms with Crippen LogP contribution in [0.25, 0.3) is 0 Å². The highest BCUT2D eigenvalue weighted by Gasteiger charge is 2.06. The van der Waals surface area contributed by atoms with E-state index < -0.39 is 5.82 Å². The summed E-state index contributed by atoms with van der Waals surface area (Å²) in [4.78, 5) is 17.6. The summed E-state index contributed by atoms with van der Waals surface area (Å²) < 4.78 is 18.2. The van der Waals surface area contributed by atoms with Crippen molar-refractivity contribution in [3.63, 3.8) is 0 Å². The summed E-state index contributed by atoms with van der Waals surface area (Å²) in [7, 11) is 0. The Morgan fingerprint density at radius 2 is 2.18 bits per heavy atom. The van der Waals surface area contributed by atoms with Gasteiger partial charge in [-0.25, -0.2) is 9.37 Å². The Labute approximate surface area is 96.1 Å². The maximum atomic E-state index is 13.0. The average molecular weight is 235 g/mol. The summed E-state index contributed by atoms with van der Waals surface area (Å²) in [5.74, 6) is 0.129. The van der Waals surface area contributed by atoms with Gasteiger partial charge in [0.2, 0.25) is 5.88 Å². The number of ether oxygens (including phenoxy) is 1. The number of H-pyrrole nitrogens is 1. The second-order valence-corrected chi connectivity index (χ2v) is 3.45. The van der Waals surface area contributed by atoms with Crippen LogP contribution in [0.3, 0.4) is 0 Å². The molecule has 1 aromatic carbocycles. The van der Waals surface area contributed by atoms with Gasteiger partial charge in [0.25, 0.3) is 5.56 Å². The smallest absolute Gasteiger partial charge is 0.254 e. The van der Waals surface area contributed by atoms with Crippen molar-refractivity contribution in [2.75, 3.05) is 5.73 Å². The molecule has 88 valence electrons. The molecule has 0 bridgehead atoms. The lowest BCUT2D eigenvalue weighted by Gasteiger charge is -2.07. The molecule has 1 aromatic heterocycles. The number of aromatic nitrogens is 2. The van der Waals surface area contributed by atoms with Gasteiger partial charge in [-0.2, -0.15) is 0 Å². The molecule has 0 spiro atoms. The molecule has 1 heterocycles. The van der Waals surface area contributed by atoms with Crippen molar-refractivity contribution in [2.24, 2.45) is 0 Å². The molecular formula is C11H10FN3O2. The predicted molar refractivity (Wildman–Crippen MR) is 60.5 cm³/mol. The highest BCUT2D eigenvalue weighted by molar-refractivity contribution is 5.53. The maximum absolute atomic E-state index is 13.0. The minimum absolute atomic E-state index is 0.0727. The highest BCUT2D eigenvalue weighted by Crippen LogP contribution is 2.26. The minimum atomic E-state index is -0.476. The Hall–Kier alpha value is -2.37. The van der Waals surface area contributed by atoms with Crippen molar-refractivity contribution in [3.8, 4) is 11.6 Å². The van der Waals surface area contributed by atoms with Crippen LogP contribution >= 0.6 is 0 Å². The van der Waals surface area contributed by atoms with Crippen LogP contribution < -0.4 is 16.0 Å². The van der Waals surface area contributed by atoms with E-state index in [9.17, 15) is 9.18 Å². The Bertz CT molecular complexity index is 610. The van der Waals surface area contributed by atoms with Gasteiger partial charge in [-0.15, -0.1) is 0 Å². The molecule has 0 saturated carbocycles. The van der Waals surface area contributed by atoms with Crippen LogP contribution in [-0.2, 0) is 0 Å². The van der Waals surface area contributed by atoms with Crippen LogP contribution in [0.15, 0.2) is 29.1 Å². The number of nitrogens with one attached hydrogen (secondary N) is 1. The molecule has 0 fully saturated rings. The number of nitrogens with two attached hydrogens (primary N) is 1. The van der Waals surface area contributed by atoms with E-state index in [4.69, 9.17) is 10.5 Å². The van der Waals surface area contributed by atoms with Gasteiger partial charge < -0.3 is 15.5 Å². The van der Waals surface area contributed by atoms with Gasteiger partial charge >= 0.3 is 0 Å². The van der Waals surface area contributed by atoms with E-state index in [0.717, 1.165) is 12.1 Å². The van der Waals surface area contributed by atoms with Crippen LogP contribution in [0.5, 0.6) is 11.6 Å². The predicted octanol–water partition coefficient (Wildman–Crippen LogP) is 1.59. The number of benzene rings is 1. The lowest BCUT2D eigenvalue weighted by molar-refractivity contribution is 0.456. The van der Waals surface area contributed by atoms with Gasteiger partial charge in [0.05, 0.1) is 11.8 Å². The van der Waals surface area contributed by atoms with Crippen LogP contribution in [0.4, 0.5) is 10.1 Å². The van der Waals surface area contributed by atoms with Gasteiger partial charge in [0.1, 0.15) is 11.6 Å². The molecule has 2 rings (SSSR count). The summed E-state index contributed by atoms with van der Waals surface area (Å²) in [6.45, 7) is 1.61. The first kappa shape index (κ1) is 11.1. The standard InChI is InChI=1S/C11H10FN3O2/c1-6-14-10(16)5-11(15-6)17-9-4-7(12)2-3-8(9)13/h2-5H,13H2,1H3,(H,14,15,16). The van der Waals surface area contributed by atoms with Crippen molar-refractivity contribution in [1.29, 1.82) is 0 Å². The third-order valence-corrected chi connectivity index (χ3v) is 2.03. The van der Waals surface area contributed by atoms with Crippen molar-refractivity contribution in [3.05, 3.63) is 46.3 Å². The number of rotatable bonds is 2. The van der Waals surface area contributed by atoms with Gasteiger partial charge in [0.15, 0.2) is 5.75 Å². The number of hydrogen-bond acceptors (Lipinski definition) is 4. The number of anilines is 1. The fraction of sp³-hybridized carbons (Fsp3) is 0.0909. The number of aromatic amines is 1. The number of nitrogen functional groups attached to an aromatic ring is 1. The van der Waals surface area contributed by atoms with E-state index in [-0.39, 0.29) is 22.9 Å². The largest absolute Gasteiger partial charge is 0.436 e. The first-order chi connectivity index (χ1) is 8.04. The molecule has 0 amide bonds. The molecule has 3 N–H and O–H groups in total. The normalized spacial score (nSPS) is 10.2. The maximum Gasteiger partial charge on any atom is 0.254 e. The summed E-state index contributed by atoms with van der Waals surface area (Å²) >= 11 is 0. The van der Waals surface area contributed by atoms with E-state index in [1.165, 1.54) is 12.1 Å². The van der Waals surface area contributed by atoms with Gasteiger partial charge in [0, 0.05) is 6.07 Å². The molecule has 0 unspecified atom stereocenters. The fourth-order valence-electron chi connectivity index (χ4n) is 1.31. The molecule has 0 atom stereocenters. The first-order valence-electron chi connectivity index (χ1n) is 4.85. The lowest BCUT2D eigenvalue weighted by atomic mass is 10.3. The van der Waals surface area contributed by atoms with Crippen LogP contribution in [0.1, 0.15) is 5.82 Å². The van der Waals surface area contributed by atoms with E-state index in [1.807, 2.05) is 0 Å². The number of hydrogen-bond donors (Lipinski definition) is 2. The van der Waals surface area contributed by atoms with Crippen LogP contribution in [0.2, 0.25) is 0 Å². The average Bonchev–Trinajstić information content (AvgIpc) is 2.22. The molecule has 5 nitrogen and oxygen atoms in total. The summed E-state index contributed by atoms with van der Waals surface area (Å²) in [5.41, 5.74) is 5.53. The van der Waals surface area contributed by atoms with Gasteiger partial charge in [-0.05, 0) is 19.1 Å². The lowest BCUT2D eigenvalue weighted by Crippen LogP contribution is -2.08. The topological polar surface area (TPSA) is 81.0 Å². The third kappa shape index (κ3) is 2.60. The third-order valence-electron chi connectivity index (χ3n) is 2.03. The number of halogens is 1. The van der Waals surface area contributed by atoms with Crippen LogP contribution in [-0.4, -0.2) is 9.97 Å². The Balaban J connectivity index is 2.37. The monoisotopic (exact) mass is 235 g/mol. The molecule has 0 aliphatic carbocycles. The quantitative estimate of drug-likeness (QED) is 0.774. The van der Waals surface area contributed by atoms with E-state index in [0.29, 0.717) is 5.82 Å². The molecule has 0 aliphatic heterocycles. The Morgan fingerprint density at radius 1 is 1.41 bits per heavy atom. The summed E-state index contributed by atoms with van der Waals surface area (Å²) in [6, 6.07) is 4.90. The zero-order valence-electron chi connectivity index (χ0n) is 9.03. The Kier molecular flexibility index (Phi) is 2.78. The zero-order valence-corrected chi connectivity index (χ0v) is 9.03. The van der Waals surface area contributed by atoms with Crippen molar-refractivity contribution >= 4 is 5.69 Å². The fourth-order valence-corrected chi connectivity index (χ4v) is 1.31. The van der Waals surface area contributed by atoms with Crippen molar-refractivity contribution < 1.29 is 9.13 Å². The van der Waals surface area contributed by atoms with E-state index in [2.05, 4.69) is 9.97 Å². The molecule has 0 aliphatic rings. The highest BCUT2D eigenvalue weighted by atomic mass is 19.1. The van der Waals surface area contributed by atoms with Crippen molar-refractivity contribution in [1.82, 2.24) is 9.97 Å². The van der Waals surface area contributed by atoms with Crippen LogP contribution in [0, 0.1) is 12.7 Å². The molecule has 0 radical (unpaired) electrons. The number of nitrogens with zero attached hydrogens (tertiary/aromatic N) is 1. The number of aryl methyl sites for hydroxylation is 1. The van der Waals surface area contributed by atoms with Gasteiger partial charge in [-0.1, -0.05) is 0 Å². The van der Waals surface area contributed by atoms with Gasteiger partial charge in [-0.3, -0.25) is 4.79 Å². The van der Waals surface area contributed by atoms with E-state index in [1.54, 1.807) is 6.92 Å². The second-order valence-electron chi connectivity index (χ2n) is 3.45. The molecular weight excluding hydrogens is 225 g/mol. The molecule has 17 heavy (non-hydrogen) atoms. The molecule has 6 heteroatoms. The van der Waals surface area contributed by atoms with Crippen molar-refractivity contribution in [2.45, 2.75) is 6.92 Å². The summed E-state index contributed by atoms with van der Waals surface area (Å²) in [6.07, 6.45) is 0. The minimum Gasteiger partial charge on any atom is -0.436 e. The molecule has 0 saturated heterocycles. The SMILES string of the molecule is Cc1nc(Oc2cc(F)ccc2N)cc(=O)[nH]1. The first-order valence-corrected chi connectivity index (χ1v) is 4.85.